The first-order chi connectivity index (χ1) is 16.6. The fraction of sp³-hybridized carbons (Fsp3) is 0.360. The van der Waals surface area contributed by atoms with Gasteiger partial charge in [0.1, 0.15) is 11.3 Å². The van der Waals surface area contributed by atoms with E-state index in [2.05, 4.69) is 47.3 Å². The number of carbonyl (C=O) groups is 2. The lowest BCUT2D eigenvalue weighted by molar-refractivity contribution is -0.134. The lowest BCUT2D eigenvalue weighted by Gasteiger charge is -2.16. The van der Waals surface area contributed by atoms with E-state index >= 15 is 0 Å². The van der Waals surface area contributed by atoms with Gasteiger partial charge in [0.15, 0.2) is 11.9 Å². The molecule has 0 saturated heterocycles. The Morgan fingerprint density at radius 2 is 1.83 bits per heavy atom. The van der Waals surface area contributed by atoms with Crippen LogP contribution in [0.5, 0.6) is 5.88 Å². The predicted octanol–water partition coefficient (Wildman–Crippen LogP) is 3.84. The summed E-state index contributed by atoms with van der Waals surface area (Å²) in [6.07, 6.45) is 1.75. The minimum atomic E-state index is -1.26. The highest BCUT2D eigenvalue weighted by Crippen LogP contribution is 2.28. The van der Waals surface area contributed by atoms with Gasteiger partial charge < -0.3 is 29.6 Å². The van der Waals surface area contributed by atoms with Crippen LogP contribution in [0.25, 0.3) is 11.2 Å². The number of nitrogens with zero attached hydrogens (tertiary/aromatic N) is 3. The van der Waals surface area contributed by atoms with Crippen molar-refractivity contribution in [3.63, 3.8) is 0 Å². The summed E-state index contributed by atoms with van der Waals surface area (Å²) in [5.41, 5.74) is 6.51. The number of carboxylic acid groups (broad SMARTS) is 2. The van der Waals surface area contributed by atoms with Crippen LogP contribution in [0.3, 0.4) is 0 Å². The number of fused-ring (bicyclic) bond motifs is 1. The molecule has 2 heterocycles. The number of carboxylic acids is 2. The van der Waals surface area contributed by atoms with Crippen molar-refractivity contribution < 1.29 is 29.3 Å². The molecule has 188 valence electrons. The maximum atomic E-state index is 9.55. The van der Waals surface area contributed by atoms with E-state index in [1.807, 2.05) is 31.5 Å². The second-order valence-corrected chi connectivity index (χ2v) is 7.75. The molecular formula is C25H32N4O6. The summed E-state index contributed by atoms with van der Waals surface area (Å²) in [7, 11) is 3.57. The number of ether oxygens (including phenoxy) is 2. The lowest BCUT2D eigenvalue weighted by Crippen LogP contribution is -2.15. The van der Waals surface area contributed by atoms with Crippen LogP contribution in [0.15, 0.2) is 36.4 Å². The zero-order valence-electron chi connectivity index (χ0n) is 20.8. The molecule has 3 rings (SSSR count). The first-order valence-corrected chi connectivity index (χ1v) is 11.1. The van der Waals surface area contributed by atoms with Crippen molar-refractivity contribution >= 4 is 28.8 Å². The summed E-state index contributed by atoms with van der Waals surface area (Å²) in [6, 6.07) is 8.35. The van der Waals surface area contributed by atoms with E-state index in [0.717, 1.165) is 35.6 Å². The van der Waals surface area contributed by atoms with Crippen LogP contribution < -0.4 is 10.1 Å². The highest BCUT2D eigenvalue weighted by atomic mass is 16.7. The average molecular weight is 485 g/mol. The fourth-order valence-corrected chi connectivity index (χ4v) is 3.32. The molecule has 0 aliphatic carbocycles. The first kappa shape index (κ1) is 27.3. The molecule has 1 aromatic carbocycles. The third kappa shape index (κ3) is 7.54. The number of aryl methyl sites for hydroxylation is 4. The van der Waals surface area contributed by atoms with Gasteiger partial charge in [-0.3, -0.25) is 0 Å². The fourth-order valence-electron chi connectivity index (χ4n) is 3.32. The zero-order chi connectivity index (χ0) is 26.1. The molecular weight excluding hydrogens is 452 g/mol. The van der Waals surface area contributed by atoms with Crippen LogP contribution in [-0.4, -0.2) is 50.1 Å². The number of hydrogen-bond donors (Lipinski definition) is 3. The molecule has 3 aromatic rings. The lowest BCUT2D eigenvalue weighted by atomic mass is 10.00. The average Bonchev–Trinajstić information content (AvgIpc) is 3.10. The van der Waals surface area contributed by atoms with Crippen LogP contribution in [-0.2, 0) is 34.3 Å². The highest BCUT2D eigenvalue weighted by Gasteiger charge is 2.15. The molecule has 0 spiro atoms. The maximum absolute atomic E-state index is 9.55. The molecule has 0 radical (unpaired) electrons. The number of aromatic nitrogens is 3. The number of pyridine rings is 1. The van der Waals surface area contributed by atoms with Crippen molar-refractivity contribution in [2.45, 2.75) is 47.0 Å². The van der Waals surface area contributed by atoms with Crippen molar-refractivity contribution in [3.05, 3.63) is 58.9 Å². The van der Waals surface area contributed by atoms with Gasteiger partial charge in [-0.25, -0.2) is 14.6 Å². The topological polar surface area (TPSA) is 136 Å². The summed E-state index contributed by atoms with van der Waals surface area (Å²) in [6.45, 7) is 8.87. The van der Waals surface area contributed by atoms with E-state index in [1.54, 1.807) is 7.11 Å². The SMILES string of the molecule is CCc1cccc(C)c1CNc1cc(OC(C)OC)nc2c1nc(C)n2C.O=C(O)/C=C/C(=O)O. The van der Waals surface area contributed by atoms with Gasteiger partial charge in [0.25, 0.3) is 0 Å². The summed E-state index contributed by atoms with van der Waals surface area (Å²) in [5.74, 6) is -1.09. The second kappa shape index (κ2) is 12.5. The van der Waals surface area contributed by atoms with E-state index in [4.69, 9.17) is 19.7 Å². The first-order valence-electron chi connectivity index (χ1n) is 11.1. The molecule has 0 aliphatic rings. The third-order valence-corrected chi connectivity index (χ3v) is 5.36. The van der Waals surface area contributed by atoms with Crippen molar-refractivity contribution in [1.29, 1.82) is 0 Å². The maximum Gasteiger partial charge on any atom is 0.328 e. The molecule has 1 atom stereocenters. The summed E-state index contributed by atoms with van der Waals surface area (Å²) in [5, 5.41) is 19.2. The number of methoxy groups -OCH3 is 1. The Bertz CT molecular complexity index is 1200. The Kier molecular flexibility index (Phi) is 9.77. The minimum absolute atomic E-state index is 0.375. The Balaban J connectivity index is 0.000000466. The molecule has 0 amide bonds. The molecule has 0 bridgehead atoms. The van der Waals surface area contributed by atoms with Crippen LogP contribution in [0, 0.1) is 13.8 Å². The number of nitrogens with one attached hydrogen (secondary N) is 1. The molecule has 35 heavy (non-hydrogen) atoms. The third-order valence-electron chi connectivity index (χ3n) is 5.36. The summed E-state index contributed by atoms with van der Waals surface area (Å²) in [4.78, 5) is 28.4. The number of aliphatic carboxylic acids is 2. The highest BCUT2D eigenvalue weighted by molar-refractivity contribution is 5.89. The predicted molar refractivity (Wildman–Crippen MR) is 133 cm³/mol. The monoisotopic (exact) mass is 484 g/mol. The van der Waals surface area contributed by atoms with Gasteiger partial charge in [-0.2, -0.15) is 4.98 Å². The molecule has 3 N–H and O–H groups in total. The number of hydrogen-bond acceptors (Lipinski definition) is 7. The molecule has 0 saturated carbocycles. The van der Waals surface area contributed by atoms with Gasteiger partial charge in [-0.05, 0) is 43.9 Å². The molecule has 0 fully saturated rings. The van der Waals surface area contributed by atoms with E-state index < -0.39 is 11.9 Å². The number of benzene rings is 1. The smallest absolute Gasteiger partial charge is 0.328 e. The number of rotatable bonds is 9. The summed E-state index contributed by atoms with van der Waals surface area (Å²) < 4.78 is 13.0. The summed E-state index contributed by atoms with van der Waals surface area (Å²) >= 11 is 0. The van der Waals surface area contributed by atoms with Crippen molar-refractivity contribution in [2.24, 2.45) is 7.05 Å². The Labute approximate surface area is 204 Å². The van der Waals surface area contributed by atoms with E-state index in [1.165, 1.54) is 16.7 Å². The normalized spacial score (nSPS) is 11.7. The van der Waals surface area contributed by atoms with Gasteiger partial charge in [0, 0.05) is 38.9 Å². The van der Waals surface area contributed by atoms with Crippen LogP contribution in [0.1, 0.15) is 36.4 Å². The van der Waals surface area contributed by atoms with E-state index in [-0.39, 0.29) is 6.29 Å². The van der Waals surface area contributed by atoms with Crippen LogP contribution in [0.2, 0.25) is 0 Å². The second-order valence-electron chi connectivity index (χ2n) is 7.75. The van der Waals surface area contributed by atoms with Crippen molar-refractivity contribution in [1.82, 2.24) is 14.5 Å². The van der Waals surface area contributed by atoms with Crippen molar-refractivity contribution in [2.75, 3.05) is 12.4 Å². The quantitative estimate of drug-likeness (QED) is 0.306. The molecule has 0 aliphatic heterocycles. The van der Waals surface area contributed by atoms with Gasteiger partial charge in [0.05, 0.1) is 5.69 Å². The van der Waals surface area contributed by atoms with Crippen molar-refractivity contribution in [3.8, 4) is 5.88 Å². The zero-order valence-corrected chi connectivity index (χ0v) is 20.8. The molecule has 10 nitrogen and oxygen atoms in total. The molecule has 10 heteroatoms. The van der Waals surface area contributed by atoms with E-state index in [9.17, 15) is 9.59 Å². The molecule has 2 aromatic heterocycles. The van der Waals surface area contributed by atoms with Gasteiger partial charge in [0.2, 0.25) is 5.88 Å². The van der Waals surface area contributed by atoms with Crippen LogP contribution in [0.4, 0.5) is 5.69 Å². The Morgan fingerprint density at radius 3 is 2.40 bits per heavy atom. The number of imidazole rings is 1. The largest absolute Gasteiger partial charge is 0.478 e. The Hall–Kier alpha value is -3.92. The number of anilines is 1. The van der Waals surface area contributed by atoms with E-state index in [0.29, 0.717) is 18.0 Å². The minimum Gasteiger partial charge on any atom is -0.478 e. The standard InChI is InChI=1S/C21H28N4O2.C4H4O4/c1-7-16-10-8-9-13(2)17(16)12-22-18-11-19(27-15(4)26-6)24-21-20(18)23-14(3)25(21)5;5-3(6)1-2-4(7)8/h8-11,15H,7,12H2,1-6H3,(H,22,24);1-2H,(H,5,6)(H,7,8)/b;2-1+. The van der Waals surface area contributed by atoms with Gasteiger partial charge in [-0.1, -0.05) is 25.1 Å². The Morgan fingerprint density at radius 1 is 1.17 bits per heavy atom. The molecule has 1 unspecified atom stereocenters. The van der Waals surface area contributed by atoms with Gasteiger partial charge >= 0.3 is 11.9 Å². The van der Waals surface area contributed by atoms with Crippen LogP contribution >= 0.6 is 0 Å². The van der Waals surface area contributed by atoms with Gasteiger partial charge in [-0.15, -0.1) is 0 Å².